The second-order valence-electron chi connectivity index (χ2n) is 5.69. The molecule has 0 atom stereocenters. The Balaban J connectivity index is 1.97. The smallest absolute Gasteiger partial charge is 0.220 e. The lowest BCUT2D eigenvalue weighted by molar-refractivity contribution is -0.123. The van der Waals surface area contributed by atoms with E-state index in [1.54, 1.807) is 0 Å². The quantitative estimate of drug-likeness (QED) is 0.464. The summed E-state index contributed by atoms with van der Waals surface area (Å²) in [6.45, 7) is 2.24. The fourth-order valence-electron chi connectivity index (χ4n) is 2.50. The molecule has 1 N–H and O–H groups in total. The number of rotatable bonds is 10. The maximum absolute atomic E-state index is 11.8. The molecular weight excluding hydrogens is 290 g/mol. The maximum atomic E-state index is 11.8. The number of nitrogens with one attached hydrogen (secondary N) is 1. The van der Waals surface area contributed by atoms with Crippen LogP contribution < -0.4 is 5.32 Å². The Morgan fingerprint density at radius 2 is 1.72 bits per heavy atom. The zero-order valence-electron chi connectivity index (χ0n) is 11.8. The second-order valence-corrected chi connectivity index (χ2v) is 6.25. The van der Waals surface area contributed by atoms with E-state index < -0.39 is 0 Å². The van der Waals surface area contributed by atoms with Crippen LogP contribution in [0, 0.1) is 0 Å². The molecule has 1 rings (SSSR count). The van der Waals surface area contributed by atoms with Crippen molar-refractivity contribution in [1.29, 1.82) is 0 Å². The first-order chi connectivity index (χ1) is 8.72. The van der Waals surface area contributed by atoms with E-state index in [9.17, 15) is 4.79 Å². The van der Waals surface area contributed by atoms with E-state index in [1.807, 2.05) is 0 Å². The van der Waals surface area contributed by atoms with Gasteiger partial charge in [0.2, 0.25) is 5.91 Å². The molecule has 0 saturated heterocycles. The van der Waals surface area contributed by atoms with E-state index in [0.717, 1.165) is 24.6 Å². The largest absolute Gasteiger partial charge is 0.350 e. The maximum Gasteiger partial charge on any atom is 0.220 e. The standard InChI is InChI=1S/C15H28BrNO/c1-2-3-4-5-6-7-8-10-14(18)17-15(13-16)11-9-12-15/h2-13H2,1H3,(H,17,18). The van der Waals surface area contributed by atoms with Gasteiger partial charge in [0.25, 0.3) is 0 Å². The molecule has 1 aliphatic rings. The third-order valence-electron chi connectivity index (χ3n) is 3.98. The third-order valence-corrected chi connectivity index (χ3v) is 5.05. The van der Waals surface area contributed by atoms with Crippen LogP contribution in [0.25, 0.3) is 0 Å². The van der Waals surface area contributed by atoms with Crippen molar-refractivity contribution >= 4 is 21.8 Å². The highest BCUT2D eigenvalue weighted by Crippen LogP contribution is 2.33. The minimum absolute atomic E-state index is 0.0954. The van der Waals surface area contributed by atoms with Gasteiger partial charge in [-0.2, -0.15) is 0 Å². The summed E-state index contributed by atoms with van der Waals surface area (Å²) >= 11 is 3.51. The Hall–Kier alpha value is -0.0500. The Labute approximate surface area is 120 Å². The first-order valence-corrected chi connectivity index (χ1v) is 8.71. The van der Waals surface area contributed by atoms with E-state index >= 15 is 0 Å². The molecule has 18 heavy (non-hydrogen) atoms. The van der Waals surface area contributed by atoms with E-state index in [1.165, 1.54) is 44.9 Å². The Kier molecular flexibility index (Phi) is 7.96. The zero-order valence-corrected chi connectivity index (χ0v) is 13.4. The van der Waals surface area contributed by atoms with Gasteiger partial charge < -0.3 is 5.32 Å². The molecule has 1 saturated carbocycles. The minimum Gasteiger partial charge on any atom is -0.350 e. The molecule has 0 aliphatic heterocycles. The van der Waals surface area contributed by atoms with Crippen molar-refractivity contribution in [2.45, 2.75) is 83.1 Å². The van der Waals surface area contributed by atoms with Crippen LogP contribution in [0.2, 0.25) is 0 Å². The molecule has 3 heteroatoms. The van der Waals surface area contributed by atoms with Crippen molar-refractivity contribution < 1.29 is 4.79 Å². The summed E-state index contributed by atoms with van der Waals surface area (Å²) < 4.78 is 0. The van der Waals surface area contributed by atoms with Gasteiger partial charge in [0.05, 0.1) is 0 Å². The summed E-state index contributed by atoms with van der Waals surface area (Å²) in [6, 6.07) is 0. The fraction of sp³-hybridized carbons (Fsp3) is 0.933. The third kappa shape index (κ3) is 5.73. The van der Waals surface area contributed by atoms with Gasteiger partial charge in [-0.05, 0) is 25.7 Å². The minimum atomic E-state index is 0.0954. The van der Waals surface area contributed by atoms with Crippen molar-refractivity contribution in [1.82, 2.24) is 5.32 Å². The van der Waals surface area contributed by atoms with Gasteiger partial charge in [0, 0.05) is 17.3 Å². The molecule has 0 aromatic heterocycles. The summed E-state index contributed by atoms with van der Waals surface area (Å²) in [6.07, 6.45) is 13.1. The van der Waals surface area contributed by atoms with E-state index in [4.69, 9.17) is 0 Å². The van der Waals surface area contributed by atoms with Gasteiger partial charge in [-0.3, -0.25) is 4.79 Å². The van der Waals surface area contributed by atoms with Crippen LogP contribution in [0.3, 0.4) is 0 Å². The number of amides is 1. The Morgan fingerprint density at radius 3 is 2.22 bits per heavy atom. The van der Waals surface area contributed by atoms with Gasteiger partial charge in [0.15, 0.2) is 0 Å². The van der Waals surface area contributed by atoms with Crippen LogP contribution >= 0.6 is 15.9 Å². The SMILES string of the molecule is CCCCCCCCCC(=O)NC1(CBr)CCC1. The highest BCUT2D eigenvalue weighted by atomic mass is 79.9. The van der Waals surface area contributed by atoms with Crippen molar-refractivity contribution in [3.05, 3.63) is 0 Å². The van der Waals surface area contributed by atoms with Crippen LogP contribution in [-0.4, -0.2) is 16.8 Å². The topological polar surface area (TPSA) is 29.1 Å². The normalized spacial score (nSPS) is 17.2. The van der Waals surface area contributed by atoms with Crippen molar-refractivity contribution in [3.8, 4) is 0 Å². The van der Waals surface area contributed by atoms with Gasteiger partial charge in [-0.1, -0.05) is 61.4 Å². The first-order valence-electron chi connectivity index (χ1n) is 7.59. The van der Waals surface area contributed by atoms with Crippen LogP contribution in [-0.2, 0) is 4.79 Å². The lowest BCUT2D eigenvalue weighted by Crippen LogP contribution is -2.54. The van der Waals surface area contributed by atoms with Crippen molar-refractivity contribution in [2.24, 2.45) is 0 Å². The van der Waals surface area contributed by atoms with Crippen LogP contribution in [0.5, 0.6) is 0 Å². The molecule has 0 aromatic rings. The molecule has 2 nitrogen and oxygen atoms in total. The van der Waals surface area contributed by atoms with Crippen molar-refractivity contribution in [2.75, 3.05) is 5.33 Å². The number of carbonyl (C=O) groups is 1. The molecule has 0 radical (unpaired) electrons. The summed E-state index contributed by atoms with van der Waals surface area (Å²) in [5, 5.41) is 4.11. The second kappa shape index (κ2) is 8.95. The first kappa shape index (κ1) is 16.0. The average Bonchev–Trinajstić information content (AvgIpc) is 2.33. The Bertz CT molecular complexity index is 233. The molecule has 1 amide bonds. The molecule has 1 fully saturated rings. The summed E-state index contributed by atoms with van der Waals surface area (Å²) in [5.74, 6) is 0.253. The molecule has 0 spiro atoms. The highest BCUT2D eigenvalue weighted by Gasteiger charge is 2.36. The summed E-state index contributed by atoms with van der Waals surface area (Å²) in [4.78, 5) is 11.8. The Morgan fingerprint density at radius 1 is 1.11 bits per heavy atom. The number of alkyl halides is 1. The molecule has 0 aromatic carbocycles. The molecule has 0 heterocycles. The number of hydrogen-bond acceptors (Lipinski definition) is 1. The van der Waals surface area contributed by atoms with E-state index in [2.05, 4.69) is 28.2 Å². The average molecular weight is 318 g/mol. The molecule has 0 bridgehead atoms. The molecule has 1 aliphatic carbocycles. The number of unbranched alkanes of at least 4 members (excludes halogenated alkanes) is 6. The summed E-state index contributed by atoms with van der Waals surface area (Å²) in [5.41, 5.74) is 0.0954. The van der Waals surface area contributed by atoms with Crippen LogP contribution in [0.4, 0.5) is 0 Å². The number of halogens is 1. The van der Waals surface area contributed by atoms with Crippen LogP contribution in [0.15, 0.2) is 0 Å². The molecule has 0 unspecified atom stereocenters. The lowest BCUT2D eigenvalue weighted by Gasteiger charge is -2.41. The van der Waals surface area contributed by atoms with Crippen LogP contribution in [0.1, 0.15) is 77.6 Å². The fourth-order valence-corrected chi connectivity index (χ4v) is 3.20. The van der Waals surface area contributed by atoms with Gasteiger partial charge in [-0.25, -0.2) is 0 Å². The number of hydrogen-bond donors (Lipinski definition) is 1. The van der Waals surface area contributed by atoms with Gasteiger partial charge in [-0.15, -0.1) is 0 Å². The summed E-state index contributed by atoms with van der Waals surface area (Å²) in [7, 11) is 0. The number of carbonyl (C=O) groups excluding carboxylic acids is 1. The monoisotopic (exact) mass is 317 g/mol. The predicted molar refractivity (Wildman–Crippen MR) is 81.1 cm³/mol. The van der Waals surface area contributed by atoms with Crippen molar-refractivity contribution in [3.63, 3.8) is 0 Å². The highest BCUT2D eigenvalue weighted by molar-refractivity contribution is 9.09. The predicted octanol–water partition coefficient (Wildman–Crippen LogP) is 4.56. The van der Waals surface area contributed by atoms with Gasteiger partial charge >= 0.3 is 0 Å². The van der Waals surface area contributed by atoms with E-state index in [0.29, 0.717) is 6.42 Å². The molecular formula is C15H28BrNO. The lowest BCUT2D eigenvalue weighted by atomic mass is 9.78. The van der Waals surface area contributed by atoms with Gasteiger partial charge in [0.1, 0.15) is 0 Å². The van der Waals surface area contributed by atoms with E-state index in [-0.39, 0.29) is 11.4 Å². The zero-order chi connectivity index (χ0) is 13.3. The molecule has 106 valence electrons.